The van der Waals surface area contributed by atoms with Crippen molar-refractivity contribution < 1.29 is 29.0 Å². The van der Waals surface area contributed by atoms with Crippen LogP contribution in [0.3, 0.4) is 0 Å². The third kappa shape index (κ3) is 3.61. The molecule has 1 N–H and O–H groups in total. The van der Waals surface area contributed by atoms with Crippen LogP contribution in [0.5, 0.6) is 0 Å². The maximum Gasteiger partial charge on any atom is 0.413 e. The average Bonchev–Trinajstić information content (AvgIpc) is 2.44. The Balaban J connectivity index is 2.72. The summed E-state index contributed by atoms with van der Waals surface area (Å²) in [4.78, 5) is 34.5. The first-order valence-electron chi connectivity index (χ1n) is 5.09. The lowest BCUT2D eigenvalue weighted by Crippen LogP contribution is -2.42. The van der Waals surface area contributed by atoms with Crippen LogP contribution in [0, 0.1) is 0 Å². The highest BCUT2D eigenvalue weighted by molar-refractivity contribution is 5.87. The van der Waals surface area contributed by atoms with Crippen LogP contribution < -0.4 is 0 Å². The molecule has 1 saturated heterocycles. The topological polar surface area (TPSA) is 93.1 Å². The number of rotatable bonds is 2. The van der Waals surface area contributed by atoms with Crippen molar-refractivity contribution >= 4 is 18.0 Å². The number of hydrogen-bond donors (Lipinski definition) is 1. The predicted molar refractivity (Wildman–Crippen MR) is 55.1 cm³/mol. The molecule has 17 heavy (non-hydrogen) atoms. The third-order valence-electron chi connectivity index (χ3n) is 1.99. The largest absolute Gasteiger partial charge is 0.481 e. The number of aliphatic carboxylic acids is 1. The van der Waals surface area contributed by atoms with Gasteiger partial charge in [-0.15, -0.1) is 0 Å². The van der Waals surface area contributed by atoms with Gasteiger partial charge in [0.2, 0.25) is 0 Å². The minimum absolute atomic E-state index is 0.272. The Kier molecular flexibility index (Phi) is 3.59. The van der Waals surface area contributed by atoms with Gasteiger partial charge in [0.15, 0.2) is 6.73 Å². The van der Waals surface area contributed by atoms with E-state index in [1.54, 1.807) is 20.8 Å². The van der Waals surface area contributed by atoms with Crippen LogP contribution in [0.2, 0.25) is 0 Å². The number of cyclic esters (lactones) is 1. The molecule has 7 nitrogen and oxygen atoms in total. The van der Waals surface area contributed by atoms with Gasteiger partial charge in [0.1, 0.15) is 11.6 Å². The molecule has 1 amide bonds. The van der Waals surface area contributed by atoms with E-state index in [9.17, 15) is 14.4 Å². The van der Waals surface area contributed by atoms with Gasteiger partial charge in [0.25, 0.3) is 0 Å². The fourth-order valence-electron chi connectivity index (χ4n) is 1.31. The van der Waals surface area contributed by atoms with Gasteiger partial charge < -0.3 is 14.6 Å². The molecule has 1 atom stereocenters. The van der Waals surface area contributed by atoms with E-state index < -0.39 is 36.1 Å². The van der Waals surface area contributed by atoms with Crippen LogP contribution >= 0.6 is 0 Å². The molecule has 1 aliphatic heterocycles. The average molecular weight is 245 g/mol. The number of ether oxygens (including phenoxy) is 2. The zero-order valence-corrected chi connectivity index (χ0v) is 9.93. The molecule has 0 saturated carbocycles. The van der Waals surface area contributed by atoms with E-state index in [1.807, 2.05) is 0 Å². The van der Waals surface area contributed by atoms with Crippen molar-refractivity contribution in [3.63, 3.8) is 0 Å². The number of carbonyl (C=O) groups excluding carboxylic acids is 2. The Morgan fingerprint density at radius 3 is 2.59 bits per heavy atom. The first-order valence-corrected chi connectivity index (χ1v) is 5.09. The molecule has 0 bridgehead atoms. The molecule has 96 valence electrons. The SMILES string of the molecule is CC(C)(C)OC(=O)N1COC(=O)[C@@H]1CC(=O)O. The monoisotopic (exact) mass is 245 g/mol. The molecular formula is C10H15NO6. The highest BCUT2D eigenvalue weighted by atomic mass is 16.6. The van der Waals surface area contributed by atoms with Crippen molar-refractivity contribution in [2.75, 3.05) is 6.73 Å². The van der Waals surface area contributed by atoms with Crippen LogP contribution in [-0.2, 0) is 19.1 Å². The Morgan fingerprint density at radius 2 is 2.12 bits per heavy atom. The predicted octanol–water partition coefficient (Wildman–Crippen LogP) is 0.581. The van der Waals surface area contributed by atoms with E-state index in [4.69, 9.17) is 9.84 Å². The summed E-state index contributed by atoms with van der Waals surface area (Å²) in [6, 6.07) is -1.11. The van der Waals surface area contributed by atoms with Gasteiger partial charge in [-0.05, 0) is 20.8 Å². The Morgan fingerprint density at radius 1 is 1.53 bits per heavy atom. The summed E-state index contributed by atoms with van der Waals surface area (Å²) in [5, 5.41) is 8.64. The number of nitrogens with zero attached hydrogens (tertiary/aromatic N) is 1. The van der Waals surface area contributed by atoms with Crippen molar-refractivity contribution in [1.29, 1.82) is 0 Å². The summed E-state index contributed by atoms with van der Waals surface area (Å²) in [5.41, 5.74) is -0.712. The van der Waals surface area contributed by atoms with Gasteiger partial charge in [-0.1, -0.05) is 0 Å². The van der Waals surface area contributed by atoms with Gasteiger partial charge in [-0.25, -0.2) is 9.59 Å². The number of carboxylic acid groups (broad SMARTS) is 1. The quantitative estimate of drug-likeness (QED) is 0.715. The Hall–Kier alpha value is -1.79. The number of hydrogen-bond acceptors (Lipinski definition) is 5. The van der Waals surface area contributed by atoms with Gasteiger partial charge in [0.05, 0.1) is 6.42 Å². The molecule has 1 heterocycles. The first kappa shape index (κ1) is 13.3. The lowest BCUT2D eigenvalue weighted by Gasteiger charge is -2.25. The van der Waals surface area contributed by atoms with Crippen molar-refractivity contribution in [1.82, 2.24) is 4.90 Å². The minimum Gasteiger partial charge on any atom is -0.481 e. The maximum atomic E-state index is 11.7. The van der Waals surface area contributed by atoms with Crippen LogP contribution in [0.1, 0.15) is 27.2 Å². The Bertz CT molecular complexity index is 345. The summed E-state index contributed by atoms with van der Waals surface area (Å²) in [7, 11) is 0. The summed E-state index contributed by atoms with van der Waals surface area (Å²) in [5.74, 6) is -1.90. The second-order valence-electron chi connectivity index (χ2n) is 4.66. The van der Waals surface area contributed by atoms with Gasteiger partial charge in [0, 0.05) is 0 Å². The lowest BCUT2D eigenvalue weighted by atomic mass is 10.2. The van der Waals surface area contributed by atoms with Gasteiger partial charge >= 0.3 is 18.0 Å². The normalized spacial score (nSPS) is 20.1. The molecule has 0 aromatic heterocycles. The highest BCUT2D eigenvalue weighted by Gasteiger charge is 2.41. The molecule has 7 heteroatoms. The van der Waals surface area contributed by atoms with Crippen molar-refractivity contribution in [2.45, 2.75) is 38.8 Å². The van der Waals surface area contributed by atoms with Gasteiger partial charge in [-0.2, -0.15) is 0 Å². The number of esters is 1. The van der Waals surface area contributed by atoms with E-state index >= 15 is 0 Å². The number of carbonyl (C=O) groups is 3. The van der Waals surface area contributed by atoms with Gasteiger partial charge in [-0.3, -0.25) is 9.69 Å². The molecule has 0 spiro atoms. The van der Waals surface area contributed by atoms with Crippen LogP contribution in [0.25, 0.3) is 0 Å². The molecule has 0 aromatic rings. The second-order valence-corrected chi connectivity index (χ2v) is 4.66. The fourth-order valence-corrected chi connectivity index (χ4v) is 1.31. The molecule has 1 rings (SSSR count). The molecule has 1 fully saturated rings. The van der Waals surface area contributed by atoms with Crippen molar-refractivity contribution in [3.8, 4) is 0 Å². The van der Waals surface area contributed by atoms with Crippen molar-refractivity contribution in [3.05, 3.63) is 0 Å². The second kappa shape index (κ2) is 4.60. The van der Waals surface area contributed by atoms with Crippen molar-refractivity contribution in [2.24, 2.45) is 0 Å². The van der Waals surface area contributed by atoms with E-state index in [1.165, 1.54) is 0 Å². The fraction of sp³-hybridized carbons (Fsp3) is 0.700. The smallest absolute Gasteiger partial charge is 0.413 e. The molecule has 0 unspecified atom stereocenters. The van der Waals surface area contributed by atoms with Crippen LogP contribution in [0.4, 0.5) is 4.79 Å². The first-order chi connectivity index (χ1) is 7.70. The lowest BCUT2D eigenvalue weighted by molar-refractivity contribution is -0.144. The minimum atomic E-state index is -1.18. The maximum absolute atomic E-state index is 11.7. The molecule has 1 aliphatic rings. The zero-order chi connectivity index (χ0) is 13.2. The standard InChI is InChI=1S/C10H15NO6/c1-10(2,3)17-9(15)11-5-16-8(14)6(11)4-7(12)13/h6H,4-5H2,1-3H3,(H,12,13)/t6-/m0/s1. The Labute approximate surface area is 98.3 Å². The summed E-state index contributed by atoms with van der Waals surface area (Å²) < 4.78 is 9.68. The van der Waals surface area contributed by atoms with E-state index in [0.717, 1.165) is 4.90 Å². The van der Waals surface area contributed by atoms with E-state index in [0.29, 0.717) is 0 Å². The molecular weight excluding hydrogens is 230 g/mol. The van der Waals surface area contributed by atoms with Crippen LogP contribution in [0.15, 0.2) is 0 Å². The van der Waals surface area contributed by atoms with E-state index in [-0.39, 0.29) is 6.73 Å². The number of amides is 1. The summed E-state index contributed by atoms with van der Waals surface area (Å²) in [6.07, 6.45) is -1.24. The molecule has 0 aliphatic carbocycles. The number of carboxylic acids is 1. The highest BCUT2D eigenvalue weighted by Crippen LogP contribution is 2.18. The van der Waals surface area contributed by atoms with Crippen LogP contribution in [-0.4, -0.2) is 46.4 Å². The van der Waals surface area contributed by atoms with E-state index in [2.05, 4.69) is 4.74 Å². The summed E-state index contributed by atoms with van der Waals surface area (Å²) >= 11 is 0. The molecule has 0 radical (unpaired) electrons. The molecule has 0 aromatic carbocycles. The summed E-state index contributed by atoms with van der Waals surface area (Å²) in [6.45, 7) is 4.76. The zero-order valence-electron chi connectivity index (χ0n) is 9.93. The third-order valence-corrected chi connectivity index (χ3v) is 1.99.